The Labute approximate surface area is 90.3 Å². The van der Waals surface area contributed by atoms with E-state index in [9.17, 15) is 13.2 Å². The quantitative estimate of drug-likeness (QED) is 0.780. The van der Waals surface area contributed by atoms with Crippen LogP contribution in [0, 0.1) is 0 Å². The van der Waals surface area contributed by atoms with E-state index in [1.54, 1.807) is 0 Å². The third kappa shape index (κ3) is 2.73. The van der Waals surface area contributed by atoms with E-state index in [2.05, 4.69) is 6.58 Å². The summed E-state index contributed by atoms with van der Waals surface area (Å²) in [4.78, 5) is 0. The highest BCUT2D eigenvalue weighted by Gasteiger charge is 2.31. The fourth-order valence-electron chi connectivity index (χ4n) is 1.10. The number of hydrogen-bond donors (Lipinski definition) is 1. The normalized spacial score (nSPS) is 13.7. The van der Waals surface area contributed by atoms with Gasteiger partial charge in [0, 0.05) is 11.1 Å². The van der Waals surface area contributed by atoms with Crippen molar-refractivity contribution in [2.24, 2.45) is 5.73 Å². The van der Waals surface area contributed by atoms with Crippen molar-refractivity contribution in [3.63, 3.8) is 0 Å². The predicted molar refractivity (Wildman–Crippen MR) is 53.6 cm³/mol. The Morgan fingerprint density at radius 2 is 2.00 bits per heavy atom. The molecule has 0 aliphatic heterocycles. The van der Waals surface area contributed by atoms with Crippen LogP contribution in [-0.2, 0) is 6.18 Å². The Balaban J connectivity index is 3.22. The molecular weight excluding hydrogens is 227 g/mol. The minimum atomic E-state index is -4.39. The van der Waals surface area contributed by atoms with E-state index in [-0.39, 0.29) is 10.6 Å². The molecule has 0 heterocycles. The average molecular weight is 236 g/mol. The van der Waals surface area contributed by atoms with Crippen LogP contribution in [-0.4, -0.2) is 0 Å². The Bertz CT molecular complexity index is 373. The third-order valence-corrected chi connectivity index (χ3v) is 2.28. The Hall–Kier alpha value is -1.00. The summed E-state index contributed by atoms with van der Waals surface area (Å²) in [6.07, 6.45) is -3.05. The molecule has 0 radical (unpaired) electrons. The van der Waals surface area contributed by atoms with Crippen LogP contribution in [0.3, 0.4) is 0 Å². The molecule has 0 unspecified atom stereocenters. The van der Waals surface area contributed by atoms with Gasteiger partial charge in [-0.1, -0.05) is 17.7 Å². The van der Waals surface area contributed by atoms with Crippen LogP contribution in [0.1, 0.15) is 17.2 Å². The first kappa shape index (κ1) is 12.1. The van der Waals surface area contributed by atoms with Gasteiger partial charge in [0.25, 0.3) is 0 Å². The molecule has 1 aromatic carbocycles. The van der Waals surface area contributed by atoms with Gasteiger partial charge in [0.05, 0.1) is 5.56 Å². The lowest BCUT2D eigenvalue weighted by Gasteiger charge is -2.13. The molecule has 0 saturated carbocycles. The standard InChI is InChI=1S/C10H9ClF3N/c1-2-9(15)7-5-6(10(12,13)14)3-4-8(7)11/h2-5,9H,1,15H2/t9-/m0/s1. The third-order valence-electron chi connectivity index (χ3n) is 1.94. The maximum Gasteiger partial charge on any atom is 0.416 e. The van der Waals surface area contributed by atoms with Gasteiger partial charge < -0.3 is 5.73 Å². The van der Waals surface area contributed by atoms with Gasteiger partial charge in [0.1, 0.15) is 0 Å². The maximum absolute atomic E-state index is 12.4. The summed E-state index contributed by atoms with van der Waals surface area (Å²) < 4.78 is 37.1. The summed E-state index contributed by atoms with van der Waals surface area (Å²) in [5.41, 5.74) is 5.00. The summed E-state index contributed by atoms with van der Waals surface area (Å²) in [5, 5.41) is 0.204. The van der Waals surface area contributed by atoms with E-state index >= 15 is 0 Å². The molecule has 0 amide bonds. The van der Waals surface area contributed by atoms with Crippen molar-refractivity contribution >= 4 is 11.6 Å². The highest BCUT2D eigenvalue weighted by atomic mass is 35.5. The molecule has 0 aromatic heterocycles. The largest absolute Gasteiger partial charge is 0.416 e. The van der Waals surface area contributed by atoms with E-state index < -0.39 is 17.8 Å². The zero-order chi connectivity index (χ0) is 11.6. The first-order valence-electron chi connectivity index (χ1n) is 4.11. The topological polar surface area (TPSA) is 26.0 Å². The fraction of sp³-hybridized carbons (Fsp3) is 0.200. The van der Waals surface area contributed by atoms with E-state index in [0.717, 1.165) is 12.1 Å². The molecule has 5 heteroatoms. The van der Waals surface area contributed by atoms with Crippen molar-refractivity contribution < 1.29 is 13.2 Å². The lowest BCUT2D eigenvalue weighted by Crippen LogP contribution is -2.11. The smallest absolute Gasteiger partial charge is 0.321 e. The molecule has 0 aliphatic rings. The lowest BCUT2D eigenvalue weighted by atomic mass is 10.0. The summed E-state index contributed by atoms with van der Waals surface area (Å²) >= 11 is 5.72. The van der Waals surface area contributed by atoms with E-state index in [4.69, 9.17) is 17.3 Å². The Morgan fingerprint density at radius 3 is 2.47 bits per heavy atom. The van der Waals surface area contributed by atoms with Crippen molar-refractivity contribution in [2.45, 2.75) is 12.2 Å². The molecule has 0 fully saturated rings. The molecule has 1 nitrogen and oxygen atoms in total. The summed E-state index contributed by atoms with van der Waals surface area (Å²) in [5.74, 6) is 0. The van der Waals surface area contributed by atoms with Crippen molar-refractivity contribution in [3.8, 4) is 0 Å². The SMILES string of the molecule is C=C[C@H](N)c1cc(C(F)(F)F)ccc1Cl. The van der Waals surface area contributed by atoms with Gasteiger partial charge in [-0.25, -0.2) is 0 Å². The Kier molecular flexibility index (Phi) is 3.42. The van der Waals surface area contributed by atoms with Crippen LogP contribution in [0.4, 0.5) is 13.2 Å². The van der Waals surface area contributed by atoms with Gasteiger partial charge >= 0.3 is 6.18 Å². The van der Waals surface area contributed by atoms with Crippen LogP contribution in [0.2, 0.25) is 5.02 Å². The molecule has 1 atom stereocenters. The first-order valence-corrected chi connectivity index (χ1v) is 4.49. The molecule has 0 spiro atoms. The average Bonchev–Trinajstić information content (AvgIpc) is 2.15. The second-order valence-corrected chi connectivity index (χ2v) is 3.40. The molecule has 1 rings (SSSR count). The summed E-state index contributed by atoms with van der Waals surface area (Å²) in [7, 11) is 0. The van der Waals surface area contributed by atoms with Gasteiger partial charge in [-0.3, -0.25) is 0 Å². The van der Waals surface area contributed by atoms with E-state index in [1.807, 2.05) is 0 Å². The lowest BCUT2D eigenvalue weighted by molar-refractivity contribution is -0.137. The number of alkyl halides is 3. The number of nitrogens with two attached hydrogens (primary N) is 1. The van der Waals surface area contributed by atoms with Crippen molar-refractivity contribution in [1.82, 2.24) is 0 Å². The van der Waals surface area contributed by atoms with Crippen LogP contribution < -0.4 is 5.73 Å². The second-order valence-electron chi connectivity index (χ2n) is 3.00. The van der Waals surface area contributed by atoms with E-state index in [0.29, 0.717) is 0 Å². The van der Waals surface area contributed by atoms with Crippen molar-refractivity contribution in [1.29, 1.82) is 0 Å². The van der Waals surface area contributed by atoms with Crippen LogP contribution >= 0.6 is 11.6 Å². The van der Waals surface area contributed by atoms with Crippen molar-refractivity contribution in [3.05, 3.63) is 47.0 Å². The van der Waals surface area contributed by atoms with Crippen LogP contribution in [0.25, 0.3) is 0 Å². The molecule has 2 N–H and O–H groups in total. The van der Waals surface area contributed by atoms with Gasteiger partial charge in [-0.15, -0.1) is 6.58 Å². The maximum atomic E-state index is 12.4. The summed E-state index contributed by atoms with van der Waals surface area (Å²) in [6.45, 7) is 3.41. The predicted octanol–water partition coefficient (Wildman–Crippen LogP) is 3.54. The molecular formula is C10H9ClF3N. The highest BCUT2D eigenvalue weighted by molar-refractivity contribution is 6.31. The van der Waals surface area contributed by atoms with E-state index in [1.165, 1.54) is 12.1 Å². The molecule has 82 valence electrons. The highest BCUT2D eigenvalue weighted by Crippen LogP contribution is 2.33. The van der Waals surface area contributed by atoms with Gasteiger partial charge in [0.15, 0.2) is 0 Å². The molecule has 1 aromatic rings. The number of hydrogen-bond acceptors (Lipinski definition) is 1. The zero-order valence-electron chi connectivity index (χ0n) is 7.68. The monoisotopic (exact) mass is 235 g/mol. The van der Waals surface area contributed by atoms with Crippen LogP contribution in [0.15, 0.2) is 30.9 Å². The van der Waals surface area contributed by atoms with Crippen LogP contribution in [0.5, 0.6) is 0 Å². The minimum absolute atomic E-state index is 0.204. The Morgan fingerprint density at radius 1 is 1.40 bits per heavy atom. The zero-order valence-corrected chi connectivity index (χ0v) is 8.44. The number of halogens is 4. The second kappa shape index (κ2) is 4.24. The van der Waals surface area contributed by atoms with Gasteiger partial charge in [-0.05, 0) is 23.8 Å². The first-order chi connectivity index (χ1) is 6.86. The minimum Gasteiger partial charge on any atom is -0.321 e. The number of rotatable bonds is 2. The molecule has 0 saturated heterocycles. The number of benzene rings is 1. The fourth-order valence-corrected chi connectivity index (χ4v) is 1.35. The molecule has 0 aliphatic carbocycles. The van der Waals surface area contributed by atoms with Crippen molar-refractivity contribution in [2.75, 3.05) is 0 Å². The molecule has 15 heavy (non-hydrogen) atoms. The molecule has 0 bridgehead atoms. The van der Waals surface area contributed by atoms with Gasteiger partial charge in [0.2, 0.25) is 0 Å². The van der Waals surface area contributed by atoms with Gasteiger partial charge in [-0.2, -0.15) is 13.2 Å². The summed E-state index contributed by atoms with van der Waals surface area (Å²) in [6, 6.07) is 2.35.